The summed E-state index contributed by atoms with van der Waals surface area (Å²) in [6.45, 7) is 6.56. The minimum absolute atomic E-state index is 0.343. The fourth-order valence-corrected chi connectivity index (χ4v) is 4.03. The van der Waals surface area contributed by atoms with Crippen LogP contribution in [0.5, 0.6) is 0 Å². The molecular weight excluding hydrogens is 244 g/mol. The van der Waals surface area contributed by atoms with Crippen molar-refractivity contribution in [1.82, 2.24) is 10.2 Å². The van der Waals surface area contributed by atoms with Crippen molar-refractivity contribution < 1.29 is 4.21 Å². The Labute approximate surface area is 114 Å². The first-order chi connectivity index (χ1) is 8.61. The van der Waals surface area contributed by atoms with Crippen LogP contribution < -0.4 is 5.32 Å². The van der Waals surface area contributed by atoms with Crippen LogP contribution in [0.25, 0.3) is 0 Å². The minimum atomic E-state index is -0.666. The van der Waals surface area contributed by atoms with E-state index >= 15 is 0 Å². The van der Waals surface area contributed by atoms with Crippen LogP contribution in [0.1, 0.15) is 46.0 Å². The first-order valence-corrected chi connectivity index (χ1v) is 9.05. The van der Waals surface area contributed by atoms with Gasteiger partial charge in [-0.15, -0.1) is 0 Å². The van der Waals surface area contributed by atoms with Gasteiger partial charge in [0.15, 0.2) is 0 Å². The van der Waals surface area contributed by atoms with Crippen molar-refractivity contribution in [3.63, 3.8) is 0 Å². The summed E-state index contributed by atoms with van der Waals surface area (Å²) in [6, 6.07) is 2.30. The predicted molar refractivity (Wildman–Crippen MR) is 78.4 cm³/mol. The smallest absolute Gasteiger partial charge is 0.0329 e. The van der Waals surface area contributed by atoms with Crippen molar-refractivity contribution in [1.29, 1.82) is 0 Å². The van der Waals surface area contributed by atoms with Gasteiger partial charge in [0.05, 0.1) is 0 Å². The lowest BCUT2D eigenvalue weighted by atomic mass is 9.97. The van der Waals surface area contributed by atoms with Gasteiger partial charge in [-0.25, -0.2) is 0 Å². The fraction of sp³-hybridized carbons (Fsp3) is 1.00. The zero-order valence-corrected chi connectivity index (χ0v) is 12.8. The van der Waals surface area contributed by atoms with E-state index in [-0.39, 0.29) is 0 Å². The van der Waals surface area contributed by atoms with Crippen molar-refractivity contribution in [2.75, 3.05) is 19.3 Å². The molecule has 0 amide bonds. The Morgan fingerprint density at radius 1 is 1.33 bits per heavy atom. The molecule has 106 valence electrons. The molecule has 4 unspecified atom stereocenters. The number of piperidine rings is 1. The van der Waals surface area contributed by atoms with E-state index in [1.807, 2.05) is 6.26 Å². The highest BCUT2D eigenvalue weighted by atomic mass is 32.2. The molecule has 4 heteroatoms. The van der Waals surface area contributed by atoms with Crippen LogP contribution in [-0.4, -0.2) is 51.8 Å². The summed E-state index contributed by atoms with van der Waals surface area (Å²) in [5, 5.41) is 3.96. The zero-order chi connectivity index (χ0) is 13.1. The van der Waals surface area contributed by atoms with E-state index in [1.165, 1.54) is 25.7 Å². The highest BCUT2D eigenvalue weighted by Gasteiger charge is 2.39. The number of nitrogens with one attached hydrogen (secondary N) is 1. The molecule has 0 aliphatic carbocycles. The standard InChI is InChI=1S/C14H28N2OS/c1-4-15-12-9-13-5-6-14(10-12)16(13)8-7-11(2)18(3)17/h11-15H,4-10H2,1-3H3. The van der Waals surface area contributed by atoms with Crippen LogP contribution in [0.3, 0.4) is 0 Å². The molecule has 2 aliphatic heterocycles. The lowest BCUT2D eigenvalue weighted by Gasteiger charge is -2.39. The summed E-state index contributed by atoms with van der Waals surface area (Å²) in [6.07, 6.45) is 8.28. The number of nitrogens with zero attached hydrogens (tertiary/aromatic N) is 1. The molecule has 2 heterocycles. The Morgan fingerprint density at radius 2 is 1.94 bits per heavy atom. The summed E-state index contributed by atoms with van der Waals surface area (Å²) in [5.74, 6) is 0. The molecule has 3 nitrogen and oxygen atoms in total. The molecule has 2 fully saturated rings. The van der Waals surface area contributed by atoms with Crippen LogP contribution in [0, 0.1) is 0 Å². The van der Waals surface area contributed by atoms with Crippen molar-refractivity contribution in [3.8, 4) is 0 Å². The number of fused-ring (bicyclic) bond motifs is 2. The summed E-state index contributed by atoms with van der Waals surface area (Å²) in [5.41, 5.74) is 0. The van der Waals surface area contributed by atoms with E-state index in [4.69, 9.17) is 0 Å². The first-order valence-electron chi connectivity index (χ1n) is 7.43. The highest BCUT2D eigenvalue weighted by molar-refractivity contribution is 7.84. The molecule has 2 bridgehead atoms. The third kappa shape index (κ3) is 3.34. The van der Waals surface area contributed by atoms with Gasteiger partial charge >= 0.3 is 0 Å². The third-order valence-electron chi connectivity index (χ3n) is 4.74. The molecule has 1 N–H and O–H groups in total. The van der Waals surface area contributed by atoms with Gasteiger partial charge in [0.1, 0.15) is 0 Å². The Hall–Kier alpha value is 0.0700. The molecule has 0 aromatic carbocycles. The molecule has 0 aromatic rings. The van der Waals surface area contributed by atoms with Gasteiger partial charge in [-0.3, -0.25) is 9.11 Å². The Kier molecular flexibility index (Phi) is 5.22. The minimum Gasteiger partial charge on any atom is -0.314 e. The van der Waals surface area contributed by atoms with Crippen LogP contribution in [0.4, 0.5) is 0 Å². The molecule has 2 saturated heterocycles. The van der Waals surface area contributed by atoms with Crippen molar-refractivity contribution >= 4 is 10.8 Å². The van der Waals surface area contributed by atoms with E-state index in [0.29, 0.717) is 5.25 Å². The molecule has 2 rings (SSSR count). The molecule has 18 heavy (non-hydrogen) atoms. The van der Waals surface area contributed by atoms with Crippen molar-refractivity contribution in [2.45, 2.75) is 69.3 Å². The molecule has 0 radical (unpaired) electrons. The van der Waals surface area contributed by atoms with Gasteiger partial charge < -0.3 is 5.32 Å². The molecule has 0 saturated carbocycles. The lowest BCUT2D eigenvalue weighted by molar-refractivity contribution is 0.116. The summed E-state index contributed by atoms with van der Waals surface area (Å²) >= 11 is 0. The first kappa shape index (κ1) is 14.5. The van der Waals surface area contributed by atoms with E-state index in [2.05, 4.69) is 24.1 Å². The topological polar surface area (TPSA) is 32.3 Å². The quantitative estimate of drug-likeness (QED) is 0.799. The van der Waals surface area contributed by atoms with Crippen LogP contribution in [0.15, 0.2) is 0 Å². The average Bonchev–Trinajstić information content (AvgIpc) is 2.57. The fourth-order valence-electron chi connectivity index (χ4n) is 3.59. The third-order valence-corrected chi connectivity index (χ3v) is 6.11. The average molecular weight is 272 g/mol. The second kappa shape index (κ2) is 6.49. The van der Waals surface area contributed by atoms with Gasteiger partial charge in [0.2, 0.25) is 0 Å². The molecular formula is C14H28N2OS. The second-order valence-electron chi connectivity index (χ2n) is 5.95. The van der Waals surface area contributed by atoms with E-state index < -0.39 is 10.8 Å². The van der Waals surface area contributed by atoms with E-state index in [1.54, 1.807) is 0 Å². The van der Waals surface area contributed by atoms with Crippen LogP contribution in [0.2, 0.25) is 0 Å². The maximum atomic E-state index is 11.4. The number of hydrogen-bond acceptors (Lipinski definition) is 3. The number of hydrogen-bond donors (Lipinski definition) is 1. The summed E-state index contributed by atoms with van der Waals surface area (Å²) < 4.78 is 11.4. The SMILES string of the molecule is CCNC1CC2CCC(C1)N2CCC(C)S(C)=O. The summed E-state index contributed by atoms with van der Waals surface area (Å²) in [7, 11) is -0.666. The van der Waals surface area contributed by atoms with Crippen LogP contribution in [-0.2, 0) is 10.8 Å². The Balaban J connectivity index is 1.83. The summed E-state index contributed by atoms with van der Waals surface area (Å²) in [4.78, 5) is 2.71. The van der Waals surface area contributed by atoms with E-state index in [0.717, 1.165) is 37.6 Å². The maximum absolute atomic E-state index is 11.4. The Bertz CT molecular complexity index is 284. The van der Waals surface area contributed by atoms with Gasteiger partial charge in [-0.1, -0.05) is 13.8 Å². The van der Waals surface area contributed by atoms with Gasteiger partial charge in [-0.05, 0) is 45.2 Å². The van der Waals surface area contributed by atoms with E-state index in [9.17, 15) is 4.21 Å². The molecule has 4 atom stereocenters. The molecule has 0 spiro atoms. The monoisotopic (exact) mass is 272 g/mol. The highest BCUT2D eigenvalue weighted by Crippen LogP contribution is 2.35. The lowest BCUT2D eigenvalue weighted by Crippen LogP contribution is -2.49. The Morgan fingerprint density at radius 3 is 2.44 bits per heavy atom. The van der Waals surface area contributed by atoms with Gasteiger partial charge in [0, 0.05) is 40.4 Å². The van der Waals surface area contributed by atoms with Crippen molar-refractivity contribution in [3.05, 3.63) is 0 Å². The van der Waals surface area contributed by atoms with Crippen LogP contribution >= 0.6 is 0 Å². The predicted octanol–water partition coefficient (Wildman–Crippen LogP) is 1.75. The second-order valence-corrected chi connectivity index (χ2v) is 7.75. The van der Waals surface area contributed by atoms with Gasteiger partial charge in [-0.2, -0.15) is 0 Å². The molecule has 2 aliphatic rings. The van der Waals surface area contributed by atoms with Crippen molar-refractivity contribution in [2.24, 2.45) is 0 Å². The zero-order valence-electron chi connectivity index (χ0n) is 12.0. The number of rotatable bonds is 6. The largest absolute Gasteiger partial charge is 0.314 e. The maximum Gasteiger partial charge on any atom is 0.0329 e. The normalized spacial score (nSPS) is 35.6. The van der Waals surface area contributed by atoms with Gasteiger partial charge in [0.25, 0.3) is 0 Å². The molecule has 0 aromatic heterocycles.